The van der Waals surface area contributed by atoms with Crippen molar-refractivity contribution in [2.75, 3.05) is 19.7 Å². The van der Waals surface area contributed by atoms with Gasteiger partial charge >= 0.3 is 6.09 Å². The number of carbonyl (C=O) groups excluding carboxylic acids is 1. The van der Waals surface area contributed by atoms with Crippen molar-refractivity contribution in [3.63, 3.8) is 0 Å². The largest absolute Gasteiger partial charge is 0.449 e. The first-order valence-corrected chi connectivity index (χ1v) is 9.35. The molecule has 2 fully saturated rings. The van der Waals surface area contributed by atoms with E-state index >= 15 is 0 Å². The van der Waals surface area contributed by atoms with Crippen molar-refractivity contribution >= 4 is 6.09 Å². The lowest BCUT2D eigenvalue weighted by atomic mass is 9.56. The second kappa shape index (κ2) is 6.42. The zero-order chi connectivity index (χ0) is 17.4. The van der Waals surface area contributed by atoms with Crippen molar-refractivity contribution < 1.29 is 9.53 Å². The van der Waals surface area contributed by atoms with E-state index in [2.05, 4.69) is 52.0 Å². The van der Waals surface area contributed by atoms with Crippen molar-refractivity contribution in [1.82, 2.24) is 4.90 Å². The van der Waals surface area contributed by atoms with E-state index in [4.69, 9.17) is 4.74 Å². The lowest BCUT2D eigenvalue weighted by molar-refractivity contribution is -0.0648. The van der Waals surface area contributed by atoms with Crippen molar-refractivity contribution in [2.45, 2.75) is 64.7 Å². The zero-order valence-electron chi connectivity index (χ0n) is 15.6. The van der Waals surface area contributed by atoms with Crippen LogP contribution < -0.4 is 0 Å². The summed E-state index contributed by atoms with van der Waals surface area (Å²) in [6.45, 7) is 11.2. The Balaban J connectivity index is 1.50. The maximum absolute atomic E-state index is 11.9. The number of ether oxygens (including phenoxy) is 1. The van der Waals surface area contributed by atoms with E-state index in [1.54, 1.807) is 0 Å². The summed E-state index contributed by atoms with van der Waals surface area (Å²) in [6.07, 6.45) is 4.31. The topological polar surface area (TPSA) is 29.5 Å². The maximum Gasteiger partial charge on any atom is 0.409 e. The van der Waals surface area contributed by atoms with Crippen LogP contribution in [0.3, 0.4) is 0 Å². The van der Waals surface area contributed by atoms with Gasteiger partial charge in [0.25, 0.3) is 0 Å². The highest BCUT2D eigenvalue weighted by Crippen LogP contribution is 2.56. The molecule has 0 aromatic heterocycles. The molecule has 1 spiro atoms. The Morgan fingerprint density at radius 3 is 2.62 bits per heavy atom. The molecule has 1 aromatic carbocycles. The summed E-state index contributed by atoms with van der Waals surface area (Å²) in [7, 11) is 0. The smallest absolute Gasteiger partial charge is 0.409 e. The molecule has 1 saturated carbocycles. The predicted molar refractivity (Wildman–Crippen MR) is 97.4 cm³/mol. The van der Waals surface area contributed by atoms with Gasteiger partial charge in [-0.2, -0.15) is 0 Å². The molecule has 3 heteroatoms. The summed E-state index contributed by atoms with van der Waals surface area (Å²) in [5, 5.41) is 0. The van der Waals surface area contributed by atoms with Gasteiger partial charge in [-0.15, -0.1) is 0 Å². The van der Waals surface area contributed by atoms with Gasteiger partial charge in [0, 0.05) is 18.5 Å². The fourth-order valence-electron chi connectivity index (χ4n) is 4.03. The summed E-state index contributed by atoms with van der Waals surface area (Å²) in [4.78, 5) is 13.8. The Kier molecular flexibility index (Phi) is 4.63. The summed E-state index contributed by atoms with van der Waals surface area (Å²) in [6, 6.07) is 9.07. The van der Waals surface area contributed by atoms with Crippen LogP contribution in [0.2, 0.25) is 0 Å². The fraction of sp³-hybridized carbons (Fsp3) is 0.667. The summed E-state index contributed by atoms with van der Waals surface area (Å²) >= 11 is 0. The van der Waals surface area contributed by atoms with Gasteiger partial charge in [-0.1, -0.05) is 58.4 Å². The van der Waals surface area contributed by atoms with Crippen molar-refractivity contribution in [1.29, 1.82) is 0 Å². The van der Waals surface area contributed by atoms with E-state index in [9.17, 15) is 4.79 Å². The zero-order valence-corrected chi connectivity index (χ0v) is 15.6. The minimum atomic E-state index is -0.118. The van der Waals surface area contributed by atoms with Gasteiger partial charge in [0.05, 0.1) is 6.61 Å². The number of likely N-dealkylation sites (tertiary alicyclic amines) is 1. The molecule has 1 aliphatic carbocycles. The Morgan fingerprint density at radius 1 is 1.29 bits per heavy atom. The molecule has 132 valence electrons. The number of rotatable bonds is 4. The Hall–Kier alpha value is -1.51. The Bertz CT molecular complexity index is 588. The SMILES string of the molecule is CCCCOC(=O)N1CC2(CC(c3cccc(C(C)(C)C)c3)C2)C1. The van der Waals surface area contributed by atoms with Crippen LogP contribution in [-0.2, 0) is 10.2 Å². The highest BCUT2D eigenvalue weighted by atomic mass is 16.6. The van der Waals surface area contributed by atoms with Crippen LogP contribution in [0.5, 0.6) is 0 Å². The molecule has 1 amide bonds. The van der Waals surface area contributed by atoms with Gasteiger partial charge in [-0.25, -0.2) is 4.79 Å². The van der Waals surface area contributed by atoms with Crippen LogP contribution in [0.15, 0.2) is 24.3 Å². The van der Waals surface area contributed by atoms with Gasteiger partial charge < -0.3 is 9.64 Å². The Labute approximate surface area is 146 Å². The molecule has 2 aliphatic rings. The lowest BCUT2D eigenvalue weighted by Crippen LogP contribution is -2.63. The molecular weight excluding hydrogens is 298 g/mol. The highest BCUT2D eigenvalue weighted by Gasteiger charge is 2.54. The highest BCUT2D eigenvalue weighted by molar-refractivity contribution is 5.69. The average Bonchev–Trinajstić information content (AvgIpc) is 2.44. The van der Waals surface area contributed by atoms with E-state index in [0.29, 0.717) is 17.9 Å². The average molecular weight is 329 g/mol. The molecule has 0 atom stereocenters. The third kappa shape index (κ3) is 3.45. The first kappa shape index (κ1) is 17.3. The second-order valence-corrected chi connectivity index (χ2v) is 8.80. The standard InChI is InChI=1S/C21H31NO2/c1-5-6-10-24-19(23)22-14-21(15-22)12-17(13-21)16-8-7-9-18(11-16)20(2,3)4/h7-9,11,17H,5-6,10,12-15H2,1-4H3. The second-order valence-electron chi connectivity index (χ2n) is 8.80. The lowest BCUT2D eigenvalue weighted by Gasteiger charge is -2.58. The molecule has 1 saturated heterocycles. The molecule has 0 radical (unpaired) electrons. The normalized spacial score (nSPS) is 19.8. The van der Waals surface area contributed by atoms with Gasteiger partial charge in [0.2, 0.25) is 0 Å². The molecule has 1 aliphatic heterocycles. The molecule has 1 aromatic rings. The number of carbonyl (C=O) groups is 1. The number of nitrogens with zero attached hydrogens (tertiary/aromatic N) is 1. The Morgan fingerprint density at radius 2 is 2.00 bits per heavy atom. The minimum Gasteiger partial charge on any atom is -0.449 e. The third-order valence-corrected chi connectivity index (χ3v) is 5.62. The van der Waals surface area contributed by atoms with Crippen molar-refractivity contribution in [3.8, 4) is 0 Å². The van der Waals surface area contributed by atoms with Crippen molar-refractivity contribution in [3.05, 3.63) is 35.4 Å². The van der Waals surface area contributed by atoms with Crippen LogP contribution in [0.25, 0.3) is 0 Å². The van der Waals surface area contributed by atoms with Gasteiger partial charge in [-0.05, 0) is 41.7 Å². The van der Waals surface area contributed by atoms with E-state index < -0.39 is 0 Å². The van der Waals surface area contributed by atoms with Crippen LogP contribution in [-0.4, -0.2) is 30.7 Å². The minimum absolute atomic E-state index is 0.118. The van der Waals surface area contributed by atoms with Crippen LogP contribution in [0.1, 0.15) is 70.4 Å². The number of amides is 1. The summed E-state index contributed by atoms with van der Waals surface area (Å²) in [5.74, 6) is 0.658. The first-order valence-electron chi connectivity index (χ1n) is 9.35. The van der Waals surface area contributed by atoms with Gasteiger partial charge in [0.1, 0.15) is 0 Å². The summed E-state index contributed by atoms with van der Waals surface area (Å²) in [5.41, 5.74) is 3.45. The number of benzene rings is 1. The first-order chi connectivity index (χ1) is 11.3. The molecule has 0 unspecified atom stereocenters. The van der Waals surface area contributed by atoms with E-state index in [1.165, 1.54) is 24.0 Å². The van der Waals surface area contributed by atoms with Crippen LogP contribution >= 0.6 is 0 Å². The number of unbranched alkanes of at least 4 members (excludes halogenated alkanes) is 1. The molecule has 0 bridgehead atoms. The molecule has 3 nitrogen and oxygen atoms in total. The maximum atomic E-state index is 11.9. The van der Waals surface area contributed by atoms with E-state index in [-0.39, 0.29) is 11.5 Å². The van der Waals surface area contributed by atoms with Crippen LogP contribution in [0, 0.1) is 5.41 Å². The third-order valence-electron chi connectivity index (χ3n) is 5.62. The number of hydrogen-bond donors (Lipinski definition) is 0. The monoisotopic (exact) mass is 329 g/mol. The quantitative estimate of drug-likeness (QED) is 0.719. The van der Waals surface area contributed by atoms with E-state index in [0.717, 1.165) is 25.9 Å². The number of hydrogen-bond acceptors (Lipinski definition) is 2. The molecule has 1 heterocycles. The van der Waals surface area contributed by atoms with E-state index in [1.807, 2.05) is 4.90 Å². The summed E-state index contributed by atoms with van der Waals surface area (Å²) < 4.78 is 5.30. The van der Waals surface area contributed by atoms with Crippen LogP contribution in [0.4, 0.5) is 4.79 Å². The molecule has 3 rings (SSSR count). The molecule has 0 N–H and O–H groups in total. The van der Waals surface area contributed by atoms with Gasteiger partial charge in [0.15, 0.2) is 0 Å². The van der Waals surface area contributed by atoms with Gasteiger partial charge in [-0.3, -0.25) is 0 Å². The predicted octanol–water partition coefficient (Wildman–Crippen LogP) is 5.10. The van der Waals surface area contributed by atoms with Crippen molar-refractivity contribution in [2.24, 2.45) is 5.41 Å². The molecular formula is C21H31NO2. The fourth-order valence-corrected chi connectivity index (χ4v) is 4.03. The molecule has 24 heavy (non-hydrogen) atoms.